The summed E-state index contributed by atoms with van der Waals surface area (Å²) >= 11 is 0. The van der Waals surface area contributed by atoms with Crippen LogP contribution in [0.1, 0.15) is 22.7 Å². The molecule has 0 saturated heterocycles. The first-order valence-electron chi connectivity index (χ1n) is 5.66. The minimum atomic E-state index is 0.304. The van der Waals surface area contributed by atoms with Gasteiger partial charge in [-0.1, -0.05) is 30.3 Å². The van der Waals surface area contributed by atoms with E-state index in [4.69, 9.17) is 0 Å². The van der Waals surface area contributed by atoms with Crippen LogP contribution in [0.3, 0.4) is 0 Å². The van der Waals surface area contributed by atoms with E-state index in [9.17, 15) is 0 Å². The van der Waals surface area contributed by atoms with Crippen molar-refractivity contribution < 1.29 is 0 Å². The Morgan fingerprint density at radius 1 is 1.12 bits per heavy atom. The van der Waals surface area contributed by atoms with Crippen LogP contribution in [0.4, 0.5) is 0 Å². The van der Waals surface area contributed by atoms with Crippen LogP contribution < -0.4 is 5.32 Å². The number of rotatable bonds is 1. The van der Waals surface area contributed by atoms with Crippen molar-refractivity contribution in [2.45, 2.75) is 12.5 Å². The third kappa shape index (κ3) is 1.61. The number of hydrogen-bond donors (Lipinski definition) is 1. The van der Waals surface area contributed by atoms with E-state index in [-0.39, 0.29) is 0 Å². The molecule has 1 aliphatic heterocycles. The molecule has 3 rings (SSSR count). The molecule has 0 bridgehead atoms. The normalized spacial score (nSPS) is 19.1. The van der Waals surface area contributed by atoms with Crippen molar-refractivity contribution in [2.24, 2.45) is 0 Å². The van der Waals surface area contributed by atoms with Gasteiger partial charge >= 0.3 is 0 Å². The topological polar surface area (TPSA) is 24.9 Å². The Bertz CT molecular complexity index is 479. The number of fused-ring (bicyclic) bond motifs is 1. The largest absolute Gasteiger partial charge is 0.306 e. The maximum Gasteiger partial charge on any atom is 0.0594 e. The van der Waals surface area contributed by atoms with E-state index in [1.165, 1.54) is 16.7 Å². The van der Waals surface area contributed by atoms with E-state index in [1.54, 1.807) is 0 Å². The van der Waals surface area contributed by atoms with Crippen LogP contribution in [0.5, 0.6) is 0 Å². The maximum atomic E-state index is 4.23. The zero-order valence-electron chi connectivity index (χ0n) is 9.06. The molecule has 0 fully saturated rings. The van der Waals surface area contributed by atoms with Crippen molar-refractivity contribution in [3.05, 3.63) is 65.5 Å². The third-order valence-corrected chi connectivity index (χ3v) is 3.13. The molecule has 0 saturated carbocycles. The summed E-state index contributed by atoms with van der Waals surface area (Å²) in [6.07, 6.45) is 4.96. The van der Waals surface area contributed by atoms with Crippen molar-refractivity contribution in [1.82, 2.24) is 10.3 Å². The molecular formula is C14H14N2. The molecule has 1 unspecified atom stereocenters. The van der Waals surface area contributed by atoms with Crippen molar-refractivity contribution in [3.8, 4) is 0 Å². The van der Waals surface area contributed by atoms with Gasteiger partial charge in [-0.3, -0.25) is 4.98 Å². The van der Waals surface area contributed by atoms with Gasteiger partial charge < -0.3 is 5.32 Å². The van der Waals surface area contributed by atoms with E-state index in [1.807, 2.05) is 12.4 Å². The molecule has 16 heavy (non-hydrogen) atoms. The van der Waals surface area contributed by atoms with Crippen LogP contribution in [0.2, 0.25) is 0 Å². The fourth-order valence-corrected chi connectivity index (χ4v) is 2.33. The Hall–Kier alpha value is -1.67. The molecule has 0 amide bonds. The highest BCUT2D eigenvalue weighted by molar-refractivity contribution is 5.37. The van der Waals surface area contributed by atoms with Gasteiger partial charge in [-0.15, -0.1) is 0 Å². The molecule has 2 aromatic rings. The lowest BCUT2D eigenvalue weighted by Crippen LogP contribution is -2.30. The second-order valence-electron chi connectivity index (χ2n) is 4.12. The Kier molecular flexibility index (Phi) is 2.43. The predicted molar refractivity (Wildman–Crippen MR) is 64.2 cm³/mol. The molecule has 1 aromatic carbocycles. The van der Waals surface area contributed by atoms with E-state index in [0.717, 1.165) is 13.0 Å². The lowest BCUT2D eigenvalue weighted by Gasteiger charge is -2.26. The zero-order valence-corrected chi connectivity index (χ0v) is 9.06. The standard InChI is InChI=1S/C14H14N2/c1-2-4-12(5-3-1)14-13-10-15-8-6-11(13)7-9-16-14/h1-6,8,10,14,16H,7,9H2. The van der Waals surface area contributed by atoms with Gasteiger partial charge in [-0.2, -0.15) is 0 Å². The van der Waals surface area contributed by atoms with Crippen LogP contribution in [0, 0.1) is 0 Å². The van der Waals surface area contributed by atoms with E-state index in [2.05, 4.69) is 46.7 Å². The molecule has 1 aliphatic rings. The fourth-order valence-electron chi connectivity index (χ4n) is 2.33. The number of pyridine rings is 1. The molecule has 2 nitrogen and oxygen atoms in total. The third-order valence-electron chi connectivity index (χ3n) is 3.13. The molecule has 1 atom stereocenters. The summed E-state index contributed by atoms with van der Waals surface area (Å²) in [5.41, 5.74) is 4.05. The number of nitrogens with zero attached hydrogens (tertiary/aromatic N) is 1. The van der Waals surface area contributed by atoms with Gasteiger partial charge in [0.25, 0.3) is 0 Å². The summed E-state index contributed by atoms with van der Waals surface area (Å²) in [5, 5.41) is 3.55. The van der Waals surface area contributed by atoms with Gasteiger partial charge in [0.1, 0.15) is 0 Å². The quantitative estimate of drug-likeness (QED) is 0.781. The zero-order chi connectivity index (χ0) is 10.8. The molecule has 0 spiro atoms. The molecule has 80 valence electrons. The minimum absolute atomic E-state index is 0.304. The van der Waals surface area contributed by atoms with Gasteiger partial charge in [0.15, 0.2) is 0 Å². The fraction of sp³-hybridized carbons (Fsp3) is 0.214. The number of hydrogen-bond acceptors (Lipinski definition) is 2. The molecule has 2 heteroatoms. The first kappa shape index (κ1) is 9.55. The Labute approximate surface area is 95.3 Å². The number of aromatic nitrogens is 1. The lowest BCUT2D eigenvalue weighted by molar-refractivity contribution is 0.565. The summed E-state index contributed by atoms with van der Waals surface area (Å²) in [4.78, 5) is 4.23. The van der Waals surface area contributed by atoms with Crippen molar-refractivity contribution in [1.29, 1.82) is 0 Å². The van der Waals surface area contributed by atoms with E-state index < -0.39 is 0 Å². The average Bonchev–Trinajstić information content (AvgIpc) is 2.39. The van der Waals surface area contributed by atoms with Crippen LogP contribution >= 0.6 is 0 Å². The van der Waals surface area contributed by atoms with Gasteiger partial charge in [0.05, 0.1) is 6.04 Å². The van der Waals surface area contributed by atoms with E-state index in [0.29, 0.717) is 6.04 Å². The Balaban J connectivity index is 2.05. The summed E-state index contributed by atoms with van der Waals surface area (Å²) in [6.45, 7) is 1.04. The molecular weight excluding hydrogens is 196 g/mol. The second-order valence-corrected chi connectivity index (χ2v) is 4.12. The summed E-state index contributed by atoms with van der Waals surface area (Å²) < 4.78 is 0. The average molecular weight is 210 g/mol. The number of benzene rings is 1. The molecule has 2 heterocycles. The van der Waals surface area contributed by atoms with Crippen molar-refractivity contribution in [3.63, 3.8) is 0 Å². The maximum absolute atomic E-state index is 4.23. The minimum Gasteiger partial charge on any atom is -0.306 e. The highest BCUT2D eigenvalue weighted by Gasteiger charge is 2.20. The summed E-state index contributed by atoms with van der Waals surface area (Å²) in [5.74, 6) is 0. The van der Waals surface area contributed by atoms with Crippen molar-refractivity contribution in [2.75, 3.05) is 6.54 Å². The van der Waals surface area contributed by atoms with Crippen LogP contribution in [0.25, 0.3) is 0 Å². The lowest BCUT2D eigenvalue weighted by atomic mass is 9.92. The van der Waals surface area contributed by atoms with Crippen molar-refractivity contribution >= 4 is 0 Å². The highest BCUT2D eigenvalue weighted by Crippen LogP contribution is 2.27. The smallest absolute Gasteiger partial charge is 0.0594 e. The molecule has 0 radical (unpaired) electrons. The van der Waals surface area contributed by atoms with Crippen LogP contribution in [0.15, 0.2) is 48.8 Å². The molecule has 1 aromatic heterocycles. The van der Waals surface area contributed by atoms with Gasteiger partial charge in [0, 0.05) is 18.9 Å². The van der Waals surface area contributed by atoms with Crippen LogP contribution in [-0.2, 0) is 6.42 Å². The predicted octanol–water partition coefficient (Wildman–Crippen LogP) is 2.32. The summed E-state index contributed by atoms with van der Waals surface area (Å²) in [6, 6.07) is 13.0. The second kappa shape index (κ2) is 4.06. The molecule has 1 N–H and O–H groups in total. The first-order chi connectivity index (χ1) is 7.95. The SMILES string of the molecule is c1ccc(C2NCCc3ccncc32)cc1. The Morgan fingerprint density at radius 3 is 2.88 bits per heavy atom. The first-order valence-corrected chi connectivity index (χ1v) is 5.66. The molecule has 0 aliphatic carbocycles. The summed E-state index contributed by atoms with van der Waals surface area (Å²) in [7, 11) is 0. The number of nitrogens with one attached hydrogen (secondary N) is 1. The van der Waals surface area contributed by atoms with Gasteiger partial charge in [-0.05, 0) is 29.2 Å². The van der Waals surface area contributed by atoms with Crippen LogP contribution in [-0.4, -0.2) is 11.5 Å². The van der Waals surface area contributed by atoms with Gasteiger partial charge in [0.2, 0.25) is 0 Å². The monoisotopic (exact) mass is 210 g/mol. The Morgan fingerprint density at radius 2 is 2.00 bits per heavy atom. The highest BCUT2D eigenvalue weighted by atomic mass is 14.9. The van der Waals surface area contributed by atoms with Gasteiger partial charge in [-0.25, -0.2) is 0 Å². The van der Waals surface area contributed by atoms with E-state index >= 15 is 0 Å².